The smallest absolute Gasteiger partial charge is 0.276 e. The van der Waals surface area contributed by atoms with E-state index in [1.165, 1.54) is 17.8 Å². The van der Waals surface area contributed by atoms with Crippen molar-refractivity contribution in [2.75, 3.05) is 11.6 Å². The summed E-state index contributed by atoms with van der Waals surface area (Å²) >= 11 is 1.36. The number of nitrogens with zero attached hydrogens (tertiary/aromatic N) is 3. The number of hydrogen-bond donors (Lipinski definition) is 1. The lowest BCUT2D eigenvalue weighted by Crippen LogP contribution is -1.97. The van der Waals surface area contributed by atoms with E-state index in [0.29, 0.717) is 28.1 Å². The number of benzene rings is 1. The lowest BCUT2D eigenvalue weighted by molar-refractivity contribution is 0.466. The van der Waals surface area contributed by atoms with E-state index in [-0.39, 0.29) is 5.82 Å². The summed E-state index contributed by atoms with van der Waals surface area (Å²) in [6.07, 6.45) is 5.07. The first kappa shape index (κ1) is 14.5. The molecule has 5 nitrogen and oxygen atoms in total. The standard InChI is InChI=1S/C15H13FN4OS/c1-9-3-4-12(11(16)7-9)18-13-8-17-6-5-10(13)14-19-20-15(21-14)22-2/h3-8,18H,1-2H3. The van der Waals surface area contributed by atoms with Crippen LogP contribution in [0.2, 0.25) is 0 Å². The van der Waals surface area contributed by atoms with Crippen LogP contribution in [0.3, 0.4) is 0 Å². The number of anilines is 2. The van der Waals surface area contributed by atoms with E-state index in [2.05, 4.69) is 20.5 Å². The lowest BCUT2D eigenvalue weighted by atomic mass is 10.2. The van der Waals surface area contributed by atoms with Gasteiger partial charge in [0.15, 0.2) is 0 Å². The zero-order chi connectivity index (χ0) is 15.5. The van der Waals surface area contributed by atoms with Crippen molar-refractivity contribution in [2.24, 2.45) is 0 Å². The normalized spacial score (nSPS) is 10.7. The van der Waals surface area contributed by atoms with Crippen molar-refractivity contribution in [2.45, 2.75) is 12.1 Å². The number of halogens is 1. The summed E-state index contributed by atoms with van der Waals surface area (Å²) in [6, 6.07) is 6.73. The van der Waals surface area contributed by atoms with Crippen LogP contribution >= 0.6 is 11.8 Å². The van der Waals surface area contributed by atoms with Gasteiger partial charge in [0.05, 0.1) is 23.1 Å². The molecule has 0 amide bonds. The average molecular weight is 316 g/mol. The summed E-state index contributed by atoms with van der Waals surface area (Å²) in [7, 11) is 0. The Morgan fingerprint density at radius 2 is 2.05 bits per heavy atom. The summed E-state index contributed by atoms with van der Waals surface area (Å²) in [5.74, 6) is 0.0342. The minimum Gasteiger partial charge on any atom is -0.411 e. The first-order valence-corrected chi connectivity index (χ1v) is 7.75. The zero-order valence-corrected chi connectivity index (χ0v) is 12.8. The van der Waals surface area contributed by atoms with Gasteiger partial charge in [-0.3, -0.25) is 4.98 Å². The van der Waals surface area contributed by atoms with Crippen LogP contribution in [0.5, 0.6) is 0 Å². The molecule has 1 aromatic carbocycles. The third-order valence-corrected chi connectivity index (χ3v) is 3.54. The highest BCUT2D eigenvalue weighted by Gasteiger charge is 2.14. The molecular formula is C15H13FN4OS. The van der Waals surface area contributed by atoms with E-state index in [0.717, 1.165) is 5.56 Å². The van der Waals surface area contributed by atoms with Crippen molar-refractivity contribution in [3.63, 3.8) is 0 Å². The molecule has 3 aromatic rings. The van der Waals surface area contributed by atoms with Gasteiger partial charge < -0.3 is 9.73 Å². The molecule has 0 radical (unpaired) electrons. The van der Waals surface area contributed by atoms with Crippen molar-refractivity contribution in [3.05, 3.63) is 48.0 Å². The number of pyridine rings is 1. The zero-order valence-electron chi connectivity index (χ0n) is 12.0. The van der Waals surface area contributed by atoms with E-state index in [4.69, 9.17) is 4.42 Å². The number of aryl methyl sites for hydroxylation is 1. The number of rotatable bonds is 4. The molecule has 22 heavy (non-hydrogen) atoms. The number of thioether (sulfide) groups is 1. The van der Waals surface area contributed by atoms with Crippen molar-refractivity contribution >= 4 is 23.1 Å². The molecule has 0 fully saturated rings. The summed E-state index contributed by atoms with van der Waals surface area (Å²) < 4.78 is 19.5. The quantitative estimate of drug-likeness (QED) is 0.733. The van der Waals surface area contributed by atoms with Gasteiger partial charge in [-0.2, -0.15) is 0 Å². The predicted octanol–water partition coefficient (Wildman–Crippen LogP) is 4.04. The van der Waals surface area contributed by atoms with Crippen LogP contribution in [0, 0.1) is 12.7 Å². The molecule has 7 heteroatoms. The summed E-state index contributed by atoms with van der Waals surface area (Å²) in [5, 5.41) is 11.4. The van der Waals surface area contributed by atoms with Gasteiger partial charge in [-0.1, -0.05) is 17.8 Å². The molecule has 0 saturated heterocycles. The van der Waals surface area contributed by atoms with Gasteiger partial charge in [0.25, 0.3) is 11.1 Å². The first-order chi connectivity index (χ1) is 10.7. The van der Waals surface area contributed by atoms with Gasteiger partial charge in [-0.05, 0) is 36.9 Å². The summed E-state index contributed by atoms with van der Waals surface area (Å²) in [6.45, 7) is 1.84. The molecule has 0 unspecified atom stereocenters. The molecule has 0 saturated carbocycles. The van der Waals surface area contributed by atoms with Crippen LogP contribution < -0.4 is 5.32 Å². The fraction of sp³-hybridized carbons (Fsp3) is 0.133. The van der Waals surface area contributed by atoms with Gasteiger partial charge in [0.2, 0.25) is 0 Å². The van der Waals surface area contributed by atoms with Crippen molar-refractivity contribution in [1.82, 2.24) is 15.2 Å². The lowest BCUT2D eigenvalue weighted by Gasteiger charge is -2.10. The monoisotopic (exact) mass is 316 g/mol. The van der Waals surface area contributed by atoms with Crippen molar-refractivity contribution in [1.29, 1.82) is 0 Å². The van der Waals surface area contributed by atoms with Gasteiger partial charge in [-0.25, -0.2) is 4.39 Å². The molecule has 112 valence electrons. The Kier molecular flexibility index (Phi) is 4.06. The molecule has 0 bridgehead atoms. The third-order valence-electron chi connectivity index (χ3n) is 3.03. The Hall–Kier alpha value is -2.41. The molecular weight excluding hydrogens is 303 g/mol. The summed E-state index contributed by atoms with van der Waals surface area (Å²) in [5.41, 5.74) is 2.49. The Morgan fingerprint density at radius 3 is 2.77 bits per heavy atom. The van der Waals surface area contributed by atoms with Gasteiger partial charge in [-0.15, -0.1) is 10.2 Å². The molecule has 0 aliphatic rings. The maximum Gasteiger partial charge on any atom is 0.276 e. The highest BCUT2D eigenvalue weighted by Crippen LogP contribution is 2.30. The Labute approximate surface area is 131 Å². The second-order valence-electron chi connectivity index (χ2n) is 4.61. The highest BCUT2D eigenvalue weighted by molar-refractivity contribution is 7.98. The fourth-order valence-corrected chi connectivity index (χ4v) is 2.23. The molecule has 0 aliphatic heterocycles. The van der Waals surface area contributed by atoms with Crippen molar-refractivity contribution < 1.29 is 8.81 Å². The number of hydrogen-bond acceptors (Lipinski definition) is 6. The predicted molar refractivity (Wildman–Crippen MR) is 83.7 cm³/mol. The van der Waals surface area contributed by atoms with Crippen LogP contribution in [-0.2, 0) is 0 Å². The molecule has 0 aliphatic carbocycles. The second kappa shape index (κ2) is 6.15. The largest absolute Gasteiger partial charge is 0.411 e. The van der Waals surface area contributed by atoms with Crippen molar-refractivity contribution in [3.8, 4) is 11.5 Å². The van der Waals surface area contributed by atoms with Crippen LogP contribution in [0.15, 0.2) is 46.3 Å². The van der Waals surface area contributed by atoms with E-state index < -0.39 is 0 Å². The van der Waals surface area contributed by atoms with Gasteiger partial charge >= 0.3 is 0 Å². The molecule has 2 heterocycles. The van der Waals surface area contributed by atoms with Gasteiger partial charge in [0, 0.05) is 6.20 Å². The minimum atomic E-state index is -0.329. The third kappa shape index (κ3) is 2.94. The van der Waals surface area contributed by atoms with Gasteiger partial charge in [0.1, 0.15) is 5.82 Å². The van der Waals surface area contributed by atoms with Crippen LogP contribution in [0.4, 0.5) is 15.8 Å². The molecule has 2 aromatic heterocycles. The number of nitrogens with one attached hydrogen (secondary N) is 1. The maximum atomic E-state index is 14.0. The second-order valence-corrected chi connectivity index (χ2v) is 5.36. The molecule has 1 N–H and O–H groups in total. The first-order valence-electron chi connectivity index (χ1n) is 6.52. The maximum absolute atomic E-state index is 14.0. The average Bonchev–Trinajstić information content (AvgIpc) is 2.99. The summed E-state index contributed by atoms with van der Waals surface area (Å²) in [4.78, 5) is 4.06. The number of aromatic nitrogens is 3. The van der Waals surface area contributed by atoms with Crippen LogP contribution in [-0.4, -0.2) is 21.4 Å². The Morgan fingerprint density at radius 1 is 1.18 bits per heavy atom. The van der Waals surface area contributed by atoms with E-state index in [1.807, 2.05) is 19.2 Å². The van der Waals surface area contributed by atoms with E-state index in [1.54, 1.807) is 24.5 Å². The molecule has 0 atom stereocenters. The highest BCUT2D eigenvalue weighted by atomic mass is 32.2. The Bertz CT molecular complexity index is 806. The minimum absolute atomic E-state index is 0.329. The molecule has 3 rings (SSSR count). The Balaban J connectivity index is 1.97. The van der Waals surface area contributed by atoms with E-state index >= 15 is 0 Å². The fourth-order valence-electron chi connectivity index (χ4n) is 1.95. The van der Waals surface area contributed by atoms with Crippen LogP contribution in [0.25, 0.3) is 11.5 Å². The topological polar surface area (TPSA) is 63.8 Å². The van der Waals surface area contributed by atoms with E-state index in [9.17, 15) is 4.39 Å². The van der Waals surface area contributed by atoms with Crippen LogP contribution in [0.1, 0.15) is 5.56 Å². The SMILES string of the molecule is CSc1nnc(-c2ccncc2Nc2ccc(C)cc2F)o1. The molecule has 0 spiro atoms.